The Morgan fingerprint density at radius 1 is 1.17 bits per heavy atom. The Kier molecular flexibility index (Phi) is 5.34. The SMILES string of the molecule is Cc1cccc(CN2CCC[C@@](O)(CN(C)Cc3ccc4nonc4c3)C2=O)c1. The van der Waals surface area contributed by atoms with E-state index in [1.54, 1.807) is 4.90 Å². The summed E-state index contributed by atoms with van der Waals surface area (Å²) in [4.78, 5) is 16.8. The fourth-order valence-electron chi connectivity index (χ4n) is 4.13. The van der Waals surface area contributed by atoms with E-state index in [1.807, 2.05) is 55.3 Å². The van der Waals surface area contributed by atoms with E-state index in [0.29, 0.717) is 37.1 Å². The molecule has 4 rings (SSSR count). The molecule has 0 spiro atoms. The maximum Gasteiger partial charge on any atom is 0.256 e. The minimum Gasteiger partial charge on any atom is -0.379 e. The van der Waals surface area contributed by atoms with Crippen LogP contribution in [0.15, 0.2) is 47.1 Å². The summed E-state index contributed by atoms with van der Waals surface area (Å²) in [6, 6.07) is 13.9. The third-order valence-corrected chi connectivity index (χ3v) is 5.46. The topological polar surface area (TPSA) is 82.7 Å². The standard InChI is InChI=1S/C22H26N4O3/c1-16-5-3-6-17(11-16)14-26-10-4-9-22(28,21(26)27)15-25(2)13-18-7-8-19-20(12-18)24-29-23-19/h3,5-8,11-12,28H,4,9-10,13-15H2,1-2H3/t22-/m1/s1. The summed E-state index contributed by atoms with van der Waals surface area (Å²) in [6.07, 6.45) is 1.27. The van der Waals surface area contributed by atoms with Gasteiger partial charge in [-0.1, -0.05) is 35.9 Å². The van der Waals surface area contributed by atoms with Crippen LogP contribution >= 0.6 is 0 Å². The van der Waals surface area contributed by atoms with Crippen LogP contribution in [0.1, 0.15) is 29.5 Å². The molecule has 1 N–H and O–H groups in total. The van der Waals surface area contributed by atoms with E-state index in [4.69, 9.17) is 4.63 Å². The molecule has 3 aromatic rings. The zero-order valence-electron chi connectivity index (χ0n) is 16.8. The van der Waals surface area contributed by atoms with E-state index in [-0.39, 0.29) is 12.5 Å². The summed E-state index contributed by atoms with van der Waals surface area (Å²) >= 11 is 0. The zero-order chi connectivity index (χ0) is 20.4. The first-order valence-corrected chi connectivity index (χ1v) is 9.90. The smallest absolute Gasteiger partial charge is 0.256 e. The third-order valence-electron chi connectivity index (χ3n) is 5.46. The minimum atomic E-state index is -1.36. The van der Waals surface area contributed by atoms with Crippen molar-refractivity contribution in [2.24, 2.45) is 0 Å². The summed E-state index contributed by atoms with van der Waals surface area (Å²) in [5, 5.41) is 18.8. The second-order valence-electron chi connectivity index (χ2n) is 8.11. The highest BCUT2D eigenvalue weighted by Crippen LogP contribution is 2.26. The van der Waals surface area contributed by atoms with Crippen LogP contribution in [0.3, 0.4) is 0 Å². The summed E-state index contributed by atoms with van der Waals surface area (Å²) in [5.74, 6) is -0.187. The first kappa shape index (κ1) is 19.5. The lowest BCUT2D eigenvalue weighted by molar-refractivity contribution is -0.160. The molecule has 0 aliphatic carbocycles. The van der Waals surface area contributed by atoms with Crippen molar-refractivity contribution in [3.8, 4) is 0 Å². The second-order valence-corrected chi connectivity index (χ2v) is 8.11. The molecule has 2 aromatic carbocycles. The van der Waals surface area contributed by atoms with Crippen LogP contribution < -0.4 is 0 Å². The molecule has 7 nitrogen and oxygen atoms in total. The van der Waals surface area contributed by atoms with Gasteiger partial charge in [0.1, 0.15) is 11.0 Å². The van der Waals surface area contributed by atoms with Gasteiger partial charge in [-0.3, -0.25) is 9.69 Å². The van der Waals surface area contributed by atoms with Crippen molar-refractivity contribution >= 4 is 16.9 Å². The molecule has 2 heterocycles. The Hall–Kier alpha value is -2.77. The Balaban J connectivity index is 1.42. The van der Waals surface area contributed by atoms with E-state index in [2.05, 4.69) is 16.4 Å². The molecule has 1 aliphatic heterocycles. The van der Waals surface area contributed by atoms with Crippen LogP contribution in [0, 0.1) is 6.92 Å². The number of aromatic nitrogens is 2. The molecule has 1 saturated heterocycles. The Bertz CT molecular complexity index is 1020. The number of carbonyl (C=O) groups is 1. The molecule has 0 unspecified atom stereocenters. The number of aryl methyl sites for hydroxylation is 1. The largest absolute Gasteiger partial charge is 0.379 e. The van der Waals surface area contributed by atoms with Gasteiger partial charge in [-0.2, -0.15) is 0 Å². The molecule has 0 radical (unpaired) electrons. The average molecular weight is 394 g/mol. The number of piperidine rings is 1. The van der Waals surface area contributed by atoms with Crippen molar-refractivity contribution in [2.75, 3.05) is 20.1 Å². The summed E-state index contributed by atoms with van der Waals surface area (Å²) in [5.41, 5.74) is 3.33. The summed E-state index contributed by atoms with van der Waals surface area (Å²) < 4.78 is 4.74. The lowest BCUT2D eigenvalue weighted by Gasteiger charge is -2.40. The van der Waals surface area contributed by atoms with Gasteiger partial charge >= 0.3 is 0 Å². The first-order chi connectivity index (χ1) is 13.9. The maximum atomic E-state index is 13.1. The Labute approximate surface area is 169 Å². The average Bonchev–Trinajstić information content (AvgIpc) is 3.13. The summed E-state index contributed by atoms with van der Waals surface area (Å²) in [7, 11) is 1.91. The van der Waals surface area contributed by atoms with E-state index in [0.717, 1.165) is 17.5 Å². The van der Waals surface area contributed by atoms with Crippen molar-refractivity contribution in [3.63, 3.8) is 0 Å². The van der Waals surface area contributed by atoms with Gasteiger partial charge in [-0.15, -0.1) is 0 Å². The minimum absolute atomic E-state index is 0.187. The normalized spacial score (nSPS) is 20.0. The number of aliphatic hydroxyl groups is 1. The molecular formula is C22H26N4O3. The Morgan fingerprint density at radius 3 is 2.83 bits per heavy atom. The monoisotopic (exact) mass is 394 g/mol. The van der Waals surface area contributed by atoms with Gasteiger partial charge in [0, 0.05) is 26.2 Å². The van der Waals surface area contributed by atoms with E-state index in [1.165, 1.54) is 5.56 Å². The van der Waals surface area contributed by atoms with Gasteiger partial charge in [-0.25, -0.2) is 4.63 Å². The van der Waals surface area contributed by atoms with Gasteiger partial charge in [0.25, 0.3) is 5.91 Å². The zero-order valence-corrected chi connectivity index (χ0v) is 16.8. The number of fused-ring (bicyclic) bond motifs is 1. The molecule has 1 atom stereocenters. The van der Waals surface area contributed by atoms with Crippen LogP contribution in [0.5, 0.6) is 0 Å². The molecule has 7 heteroatoms. The van der Waals surface area contributed by atoms with Crippen LogP contribution in [-0.4, -0.2) is 56.9 Å². The van der Waals surface area contributed by atoms with Crippen LogP contribution in [0.2, 0.25) is 0 Å². The fourth-order valence-corrected chi connectivity index (χ4v) is 4.13. The molecule has 1 aromatic heterocycles. The van der Waals surface area contributed by atoms with Crippen molar-refractivity contribution < 1.29 is 14.5 Å². The molecule has 152 valence electrons. The number of hydrogen-bond donors (Lipinski definition) is 1. The summed E-state index contributed by atoms with van der Waals surface area (Å²) in [6.45, 7) is 4.12. The van der Waals surface area contributed by atoms with Crippen molar-refractivity contribution in [1.29, 1.82) is 0 Å². The van der Waals surface area contributed by atoms with Crippen molar-refractivity contribution in [2.45, 2.75) is 38.5 Å². The fraction of sp³-hybridized carbons (Fsp3) is 0.409. The Morgan fingerprint density at radius 2 is 2.00 bits per heavy atom. The number of hydrogen-bond acceptors (Lipinski definition) is 6. The van der Waals surface area contributed by atoms with E-state index >= 15 is 0 Å². The predicted molar refractivity (Wildman–Crippen MR) is 109 cm³/mol. The number of likely N-dealkylation sites (N-methyl/N-ethyl adjacent to an activating group) is 1. The van der Waals surface area contributed by atoms with Gasteiger partial charge in [0.15, 0.2) is 5.60 Å². The maximum absolute atomic E-state index is 13.1. The highest BCUT2D eigenvalue weighted by atomic mass is 16.6. The first-order valence-electron chi connectivity index (χ1n) is 9.90. The highest BCUT2D eigenvalue weighted by molar-refractivity contribution is 5.86. The van der Waals surface area contributed by atoms with Gasteiger partial charge in [0.05, 0.1) is 0 Å². The lowest BCUT2D eigenvalue weighted by atomic mass is 9.90. The number of carbonyl (C=O) groups excluding carboxylic acids is 1. The third kappa shape index (κ3) is 4.31. The van der Waals surface area contributed by atoms with E-state index in [9.17, 15) is 9.90 Å². The van der Waals surface area contributed by atoms with Crippen LogP contribution in [-0.2, 0) is 17.9 Å². The predicted octanol–water partition coefficient (Wildman–Crippen LogP) is 2.52. The molecular weight excluding hydrogens is 368 g/mol. The molecule has 0 saturated carbocycles. The molecule has 0 bridgehead atoms. The van der Waals surface area contributed by atoms with Crippen molar-refractivity contribution in [3.05, 3.63) is 59.2 Å². The van der Waals surface area contributed by atoms with Crippen LogP contribution in [0.4, 0.5) is 0 Å². The number of amides is 1. The lowest BCUT2D eigenvalue weighted by Crippen LogP contribution is -2.57. The van der Waals surface area contributed by atoms with Gasteiger partial charge in [-0.05, 0) is 60.4 Å². The molecule has 1 aliphatic rings. The highest BCUT2D eigenvalue weighted by Gasteiger charge is 2.42. The number of rotatable bonds is 6. The molecule has 1 fully saturated rings. The number of nitrogens with zero attached hydrogens (tertiary/aromatic N) is 4. The van der Waals surface area contributed by atoms with Crippen molar-refractivity contribution in [1.82, 2.24) is 20.1 Å². The quantitative estimate of drug-likeness (QED) is 0.692. The second kappa shape index (κ2) is 7.93. The van der Waals surface area contributed by atoms with Gasteiger partial charge < -0.3 is 10.0 Å². The molecule has 1 amide bonds. The van der Waals surface area contributed by atoms with Crippen LogP contribution in [0.25, 0.3) is 11.0 Å². The van der Waals surface area contributed by atoms with E-state index < -0.39 is 5.60 Å². The van der Waals surface area contributed by atoms with Gasteiger partial charge in [0.2, 0.25) is 0 Å². The molecule has 29 heavy (non-hydrogen) atoms. The number of likely N-dealkylation sites (tertiary alicyclic amines) is 1. The number of benzene rings is 2.